The van der Waals surface area contributed by atoms with Crippen molar-refractivity contribution in [2.45, 2.75) is 43.9 Å². The Kier molecular flexibility index (Phi) is 3.21. The van der Waals surface area contributed by atoms with Crippen molar-refractivity contribution >= 4 is 0 Å². The minimum atomic E-state index is -0.248. The highest BCUT2D eigenvalue weighted by atomic mass is 16.3. The molecule has 80 valence electrons. The van der Waals surface area contributed by atoms with Crippen molar-refractivity contribution in [3.8, 4) is 0 Å². The second-order valence-electron chi connectivity index (χ2n) is 4.35. The molecule has 0 spiro atoms. The lowest BCUT2D eigenvalue weighted by molar-refractivity contribution is 0.125. The van der Waals surface area contributed by atoms with Gasteiger partial charge in [0, 0.05) is 18.6 Å². The van der Waals surface area contributed by atoms with Crippen molar-refractivity contribution in [1.29, 1.82) is 0 Å². The summed E-state index contributed by atoms with van der Waals surface area (Å²) in [6.45, 7) is 0.891. The van der Waals surface area contributed by atoms with Crippen LogP contribution in [0.25, 0.3) is 0 Å². The maximum absolute atomic E-state index is 9.55. The number of β-amino-alcohol motifs (C(OH)–C–C–N with tert-alkyl or cyclic N) is 1. The zero-order valence-electron chi connectivity index (χ0n) is 8.47. The van der Waals surface area contributed by atoms with Gasteiger partial charge < -0.3 is 10.2 Å². The molecule has 0 aromatic carbocycles. The molecule has 0 aromatic heterocycles. The molecule has 1 aliphatic carbocycles. The average Bonchev–Trinajstić information content (AvgIpc) is 2.61. The van der Waals surface area contributed by atoms with E-state index in [0.717, 1.165) is 13.0 Å². The molecule has 14 heavy (non-hydrogen) atoms. The molecule has 0 saturated carbocycles. The summed E-state index contributed by atoms with van der Waals surface area (Å²) in [4.78, 5) is 2.25. The van der Waals surface area contributed by atoms with E-state index in [1.165, 1.54) is 19.3 Å². The molecule has 3 atom stereocenters. The van der Waals surface area contributed by atoms with E-state index in [-0.39, 0.29) is 18.8 Å². The highest BCUT2D eigenvalue weighted by Crippen LogP contribution is 2.25. The SMILES string of the molecule is OCC1CC(O)CN1C1C=CCCC1. The molecule has 3 nitrogen and oxygen atoms in total. The topological polar surface area (TPSA) is 43.7 Å². The molecule has 1 aliphatic heterocycles. The number of allylic oxidation sites excluding steroid dienone is 1. The monoisotopic (exact) mass is 197 g/mol. The largest absolute Gasteiger partial charge is 0.395 e. The highest BCUT2D eigenvalue weighted by molar-refractivity contribution is 5.02. The van der Waals surface area contributed by atoms with Crippen LogP contribution in [0.1, 0.15) is 25.7 Å². The lowest BCUT2D eigenvalue weighted by Crippen LogP contribution is -2.40. The maximum atomic E-state index is 9.55. The smallest absolute Gasteiger partial charge is 0.0683 e. The van der Waals surface area contributed by atoms with Crippen molar-refractivity contribution in [3.63, 3.8) is 0 Å². The fourth-order valence-electron chi connectivity index (χ4n) is 2.57. The first-order valence-electron chi connectivity index (χ1n) is 5.52. The Labute approximate surface area is 85.0 Å². The van der Waals surface area contributed by atoms with Gasteiger partial charge in [-0.3, -0.25) is 4.90 Å². The van der Waals surface area contributed by atoms with Gasteiger partial charge in [0.25, 0.3) is 0 Å². The van der Waals surface area contributed by atoms with Crippen LogP contribution in [0.2, 0.25) is 0 Å². The predicted octanol–water partition coefficient (Wildman–Crippen LogP) is 0.523. The molecule has 2 N–H and O–H groups in total. The average molecular weight is 197 g/mol. The third-order valence-electron chi connectivity index (χ3n) is 3.30. The first-order chi connectivity index (χ1) is 6.81. The molecular weight excluding hydrogens is 178 g/mol. The van der Waals surface area contributed by atoms with Gasteiger partial charge in [-0.1, -0.05) is 12.2 Å². The summed E-state index contributed by atoms with van der Waals surface area (Å²) in [7, 11) is 0. The van der Waals surface area contributed by atoms with Gasteiger partial charge in [-0.2, -0.15) is 0 Å². The lowest BCUT2D eigenvalue weighted by Gasteiger charge is -2.31. The molecular formula is C11H19NO2. The summed E-state index contributed by atoms with van der Waals surface area (Å²) in [5, 5.41) is 18.8. The first kappa shape index (κ1) is 10.1. The molecule has 2 aliphatic rings. The van der Waals surface area contributed by atoms with Gasteiger partial charge in [0.2, 0.25) is 0 Å². The van der Waals surface area contributed by atoms with Crippen LogP contribution < -0.4 is 0 Å². The normalized spacial score (nSPS) is 39.1. The number of nitrogens with zero attached hydrogens (tertiary/aromatic N) is 1. The van der Waals surface area contributed by atoms with Crippen LogP contribution in [0, 0.1) is 0 Å². The molecule has 0 aromatic rings. The Balaban J connectivity index is 2.01. The summed E-state index contributed by atoms with van der Waals surface area (Å²) >= 11 is 0. The number of aliphatic hydroxyl groups excluding tert-OH is 2. The van der Waals surface area contributed by atoms with Crippen molar-refractivity contribution in [1.82, 2.24) is 4.90 Å². The molecule has 0 bridgehead atoms. The summed E-state index contributed by atoms with van der Waals surface area (Å²) < 4.78 is 0. The molecule has 1 heterocycles. The minimum absolute atomic E-state index is 0.165. The van der Waals surface area contributed by atoms with E-state index < -0.39 is 0 Å². The van der Waals surface area contributed by atoms with E-state index >= 15 is 0 Å². The fraction of sp³-hybridized carbons (Fsp3) is 0.818. The van der Waals surface area contributed by atoms with Crippen LogP contribution in [-0.2, 0) is 0 Å². The first-order valence-corrected chi connectivity index (χ1v) is 5.52. The number of likely N-dealkylation sites (tertiary alicyclic amines) is 1. The Morgan fingerprint density at radius 2 is 2.29 bits per heavy atom. The molecule has 1 saturated heterocycles. The summed E-state index contributed by atoms with van der Waals surface area (Å²) in [6.07, 6.45) is 8.49. The Hall–Kier alpha value is -0.380. The van der Waals surface area contributed by atoms with Crippen molar-refractivity contribution in [2.24, 2.45) is 0 Å². The molecule has 0 radical (unpaired) electrons. The van der Waals surface area contributed by atoms with Gasteiger partial charge in [-0.15, -0.1) is 0 Å². The summed E-state index contributed by atoms with van der Waals surface area (Å²) in [5.41, 5.74) is 0. The quantitative estimate of drug-likeness (QED) is 0.634. The van der Waals surface area contributed by atoms with Gasteiger partial charge in [0.15, 0.2) is 0 Å². The van der Waals surface area contributed by atoms with Crippen molar-refractivity contribution in [3.05, 3.63) is 12.2 Å². The third kappa shape index (κ3) is 2.00. The zero-order chi connectivity index (χ0) is 9.97. The van der Waals surface area contributed by atoms with Crippen LogP contribution in [0.4, 0.5) is 0 Å². The number of rotatable bonds is 2. The van der Waals surface area contributed by atoms with Gasteiger partial charge in [0.1, 0.15) is 0 Å². The molecule has 0 amide bonds. The number of aliphatic hydroxyl groups is 2. The van der Waals surface area contributed by atoms with Crippen molar-refractivity contribution < 1.29 is 10.2 Å². The molecule has 2 rings (SSSR count). The van der Waals surface area contributed by atoms with Gasteiger partial charge in [-0.25, -0.2) is 0 Å². The Morgan fingerprint density at radius 3 is 2.93 bits per heavy atom. The van der Waals surface area contributed by atoms with Crippen LogP contribution in [0.15, 0.2) is 12.2 Å². The number of hydrogen-bond acceptors (Lipinski definition) is 3. The summed E-state index contributed by atoms with van der Waals surface area (Å²) in [5.74, 6) is 0. The van der Waals surface area contributed by atoms with Crippen LogP contribution in [-0.4, -0.2) is 46.5 Å². The lowest BCUT2D eigenvalue weighted by atomic mass is 10.0. The highest BCUT2D eigenvalue weighted by Gasteiger charge is 2.34. The second kappa shape index (κ2) is 4.43. The number of hydrogen-bond donors (Lipinski definition) is 2. The van der Waals surface area contributed by atoms with Crippen LogP contribution >= 0.6 is 0 Å². The van der Waals surface area contributed by atoms with Crippen molar-refractivity contribution in [2.75, 3.05) is 13.2 Å². The van der Waals surface area contributed by atoms with Crippen LogP contribution in [0.3, 0.4) is 0 Å². The van der Waals surface area contributed by atoms with E-state index in [0.29, 0.717) is 6.04 Å². The minimum Gasteiger partial charge on any atom is -0.395 e. The fourth-order valence-corrected chi connectivity index (χ4v) is 2.57. The third-order valence-corrected chi connectivity index (χ3v) is 3.30. The molecule has 3 heteroatoms. The second-order valence-corrected chi connectivity index (χ2v) is 4.35. The zero-order valence-corrected chi connectivity index (χ0v) is 8.47. The van der Waals surface area contributed by atoms with E-state index in [1.54, 1.807) is 0 Å². The van der Waals surface area contributed by atoms with Crippen LogP contribution in [0.5, 0.6) is 0 Å². The van der Waals surface area contributed by atoms with Gasteiger partial charge >= 0.3 is 0 Å². The Bertz CT molecular complexity index is 217. The summed E-state index contributed by atoms with van der Waals surface area (Å²) in [6, 6.07) is 0.607. The van der Waals surface area contributed by atoms with Gasteiger partial charge in [-0.05, 0) is 25.7 Å². The van der Waals surface area contributed by atoms with E-state index in [9.17, 15) is 10.2 Å². The Morgan fingerprint density at radius 1 is 1.43 bits per heavy atom. The molecule has 3 unspecified atom stereocenters. The van der Waals surface area contributed by atoms with E-state index in [1.807, 2.05) is 0 Å². The van der Waals surface area contributed by atoms with E-state index in [4.69, 9.17) is 0 Å². The predicted molar refractivity (Wildman–Crippen MR) is 55.0 cm³/mol. The molecule has 1 fully saturated rings. The standard InChI is InChI=1S/C11H19NO2/c13-8-10-6-11(14)7-12(10)9-4-2-1-3-5-9/h2,4,9-11,13-14H,1,3,5-8H2. The van der Waals surface area contributed by atoms with Gasteiger partial charge in [0.05, 0.1) is 12.7 Å². The van der Waals surface area contributed by atoms with E-state index in [2.05, 4.69) is 17.1 Å². The maximum Gasteiger partial charge on any atom is 0.0683 e.